The van der Waals surface area contributed by atoms with Gasteiger partial charge in [0, 0.05) is 25.6 Å². The summed E-state index contributed by atoms with van der Waals surface area (Å²) in [4.78, 5) is 8.68. The van der Waals surface area contributed by atoms with Gasteiger partial charge in [-0.05, 0) is 28.3 Å². The molecule has 0 fully saturated rings. The minimum Gasteiger partial charge on any atom is -0.396 e. The zero-order valence-corrected chi connectivity index (χ0v) is 11.3. The summed E-state index contributed by atoms with van der Waals surface area (Å²) < 4.78 is 0.796. The number of aromatic nitrogens is 2. The van der Waals surface area contributed by atoms with Crippen molar-refractivity contribution >= 4 is 21.7 Å². The second kappa shape index (κ2) is 6.81. The zero-order valence-electron chi connectivity index (χ0n) is 9.70. The fraction of sp³-hybridized carbons (Fsp3) is 0.636. The molecule has 5 heteroatoms. The van der Waals surface area contributed by atoms with Crippen molar-refractivity contribution in [2.24, 2.45) is 5.92 Å². The Kier molecular flexibility index (Phi) is 5.69. The number of rotatable bonds is 6. The molecule has 16 heavy (non-hydrogen) atoms. The van der Waals surface area contributed by atoms with Crippen LogP contribution in [0.4, 0.5) is 5.82 Å². The van der Waals surface area contributed by atoms with Crippen molar-refractivity contribution in [3.8, 4) is 0 Å². The van der Waals surface area contributed by atoms with Gasteiger partial charge in [-0.3, -0.25) is 0 Å². The normalized spacial score (nSPS) is 12.5. The van der Waals surface area contributed by atoms with Gasteiger partial charge in [-0.25, -0.2) is 9.97 Å². The third-order valence-corrected chi connectivity index (χ3v) is 2.56. The first-order chi connectivity index (χ1) is 7.65. The molecule has 0 spiro atoms. The Morgan fingerprint density at radius 3 is 2.88 bits per heavy atom. The molecular weight excluding hydrogens is 270 g/mol. The van der Waals surface area contributed by atoms with Gasteiger partial charge in [-0.2, -0.15) is 0 Å². The molecule has 0 radical (unpaired) electrons. The molecule has 0 bridgehead atoms. The van der Waals surface area contributed by atoms with Crippen LogP contribution in [0, 0.1) is 5.92 Å². The molecule has 0 saturated carbocycles. The van der Waals surface area contributed by atoms with Gasteiger partial charge in [0.15, 0.2) is 0 Å². The van der Waals surface area contributed by atoms with E-state index < -0.39 is 0 Å². The lowest BCUT2D eigenvalue weighted by molar-refractivity contribution is 0.244. The molecule has 0 aromatic carbocycles. The summed E-state index contributed by atoms with van der Waals surface area (Å²) in [5, 5.41) is 12.1. The van der Waals surface area contributed by atoms with E-state index in [0.717, 1.165) is 29.1 Å². The van der Waals surface area contributed by atoms with Gasteiger partial charge in [0.25, 0.3) is 0 Å². The highest BCUT2D eigenvalue weighted by Crippen LogP contribution is 2.13. The second-order valence-corrected chi connectivity index (χ2v) is 4.72. The number of aryl methyl sites for hydroxylation is 1. The van der Waals surface area contributed by atoms with Crippen LogP contribution in [0.3, 0.4) is 0 Å². The van der Waals surface area contributed by atoms with Crippen LogP contribution in [0.5, 0.6) is 0 Å². The molecule has 4 nitrogen and oxygen atoms in total. The molecule has 90 valence electrons. The minimum absolute atomic E-state index is 0.182. The Morgan fingerprint density at radius 2 is 2.25 bits per heavy atom. The van der Waals surface area contributed by atoms with Crippen LogP contribution in [-0.4, -0.2) is 28.2 Å². The van der Waals surface area contributed by atoms with Gasteiger partial charge >= 0.3 is 0 Å². The van der Waals surface area contributed by atoms with E-state index >= 15 is 0 Å². The summed E-state index contributed by atoms with van der Waals surface area (Å²) in [7, 11) is 0. The van der Waals surface area contributed by atoms with Crippen molar-refractivity contribution < 1.29 is 5.11 Å². The largest absolute Gasteiger partial charge is 0.396 e. The summed E-state index contributed by atoms with van der Waals surface area (Å²) in [5.41, 5.74) is 0. The van der Waals surface area contributed by atoms with E-state index in [0.29, 0.717) is 6.54 Å². The maximum absolute atomic E-state index is 8.92. The number of nitrogens with one attached hydrogen (secondary N) is 1. The average molecular weight is 288 g/mol. The number of anilines is 1. The van der Waals surface area contributed by atoms with Gasteiger partial charge < -0.3 is 10.4 Å². The highest BCUT2D eigenvalue weighted by molar-refractivity contribution is 9.10. The topological polar surface area (TPSA) is 58.0 Å². The quantitative estimate of drug-likeness (QED) is 0.788. The fourth-order valence-corrected chi connectivity index (χ4v) is 1.66. The molecular formula is C11H18BrN3O. The third kappa shape index (κ3) is 4.45. The summed E-state index contributed by atoms with van der Waals surface area (Å²) in [6, 6.07) is 1.85. The molecule has 1 heterocycles. The van der Waals surface area contributed by atoms with E-state index in [1.807, 2.05) is 13.0 Å². The lowest BCUT2D eigenvalue weighted by Crippen LogP contribution is -2.15. The molecule has 1 unspecified atom stereocenters. The van der Waals surface area contributed by atoms with E-state index in [9.17, 15) is 0 Å². The first-order valence-electron chi connectivity index (χ1n) is 5.54. The summed E-state index contributed by atoms with van der Waals surface area (Å²) in [5.74, 6) is 1.88. The number of nitrogens with zero attached hydrogens (tertiary/aromatic N) is 2. The van der Waals surface area contributed by atoms with Crippen LogP contribution in [0.2, 0.25) is 0 Å². The average Bonchev–Trinajstić information content (AvgIpc) is 2.25. The molecule has 1 aromatic heterocycles. The Labute approximate surface area is 105 Å². The molecule has 2 N–H and O–H groups in total. The maximum Gasteiger partial charge on any atom is 0.132 e. The number of aliphatic hydroxyl groups is 1. The summed E-state index contributed by atoms with van der Waals surface area (Å²) in [6.07, 6.45) is 1.91. The number of aliphatic hydroxyl groups excluding tert-OH is 1. The van der Waals surface area contributed by atoms with Crippen molar-refractivity contribution in [2.45, 2.75) is 26.7 Å². The van der Waals surface area contributed by atoms with Crippen molar-refractivity contribution in [1.29, 1.82) is 0 Å². The van der Waals surface area contributed by atoms with Crippen molar-refractivity contribution in [3.05, 3.63) is 16.5 Å². The fourth-order valence-electron chi connectivity index (χ4n) is 1.23. The smallest absolute Gasteiger partial charge is 0.132 e. The van der Waals surface area contributed by atoms with E-state index in [4.69, 9.17) is 5.11 Å². The molecule has 0 aliphatic heterocycles. The van der Waals surface area contributed by atoms with E-state index in [1.165, 1.54) is 0 Å². The van der Waals surface area contributed by atoms with Crippen LogP contribution < -0.4 is 5.32 Å². The van der Waals surface area contributed by atoms with E-state index in [-0.39, 0.29) is 12.5 Å². The van der Waals surface area contributed by atoms with Crippen LogP contribution in [0.25, 0.3) is 0 Å². The van der Waals surface area contributed by atoms with E-state index in [2.05, 4.69) is 38.1 Å². The van der Waals surface area contributed by atoms with Gasteiger partial charge in [-0.15, -0.1) is 0 Å². The standard InChI is InChI=1S/C11H18BrN3O/c1-3-4-10-14-9(12)5-11(15-10)13-6-8(2)7-16/h5,8,16H,3-4,6-7H2,1-2H3,(H,13,14,15). The number of hydrogen-bond acceptors (Lipinski definition) is 4. The van der Waals surface area contributed by atoms with Crippen LogP contribution in [0.15, 0.2) is 10.7 Å². The molecule has 1 atom stereocenters. The lowest BCUT2D eigenvalue weighted by Gasteiger charge is -2.11. The molecule has 1 rings (SSSR count). The van der Waals surface area contributed by atoms with Crippen LogP contribution in [-0.2, 0) is 6.42 Å². The highest BCUT2D eigenvalue weighted by atomic mass is 79.9. The van der Waals surface area contributed by atoms with Crippen molar-refractivity contribution in [2.75, 3.05) is 18.5 Å². The predicted octanol–water partition coefficient (Wildman–Crippen LogP) is 2.23. The molecule has 1 aromatic rings. The molecule has 0 saturated heterocycles. The van der Waals surface area contributed by atoms with Gasteiger partial charge in [0.1, 0.15) is 16.2 Å². The maximum atomic E-state index is 8.92. The van der Waals surface area contributed by atoms with E-state index in [1.54, 1.807) is 0 Å². The first kappa shape index (κ1) is 13.4. The molecule has 0 amide bonds. The van der Waals surface area contributed by atoms with Crippen molar-refractivity contribution in [3.63, 3.8) is 0 Å². The van der Waals surface area contributed by atoms with Gasteiger partial charge in [-0.1, -0.05) is 13.8 Å². The third-order valence-electron chi connectivity index (χ3n) is 2.16. The Morgan fingerprint density at radius 1 is 1.50 bits per heavy atom. The SMILES string of the molecule is CCCc1nc(Br)cc(NCC(C)CO)n1. The molecule has 0 aliphatic rings. The second-order valence-electron chi connectivity index (χ2n) is 3.91. The summed E-state index contributed by atoms with van der Waals surface area (Å²) >= 11 is 3.37. The van der Waals surface area contributed by atoms with Crippen LogP contribution in [0.1, 0.15) is 26.1 Å². The number of hydrogen-bond donors (Lipinski definition) is 2. The predicted molar refractivity (Wildman–Crippen MR) is 68.5 cm³/mol. The Hall–Kier alpha value is -0.680. The molecule has 0 aliphatic carbocycles. The first-order valence-corrected chi connectivity index (χ1v) is 6.33. The Balaban J connectivity index is 2.64. The van der Waals surface area contributed by atoms with Gasteiger partial charge in [0.05, 0.1) is 0 Å². The Bertz CT molecular complexity index is 333. The van der Waals surface area contributed by atoms with Crippen LogP contribution >= 0.6 is 15.9 Å². The van der Waals surface area contributed by atoms with Crippen molar-refractivity contribution in [1.82, 2.24) is 9.97 Å². The van der Waals surface area contributed by atoms with Gasteiger partial charge in [0.2, 0.25) is 0 Å². The zero-order chi connectivity index (χ0) is 12.0. The minimum atomic E-state index is 0.182. The summed E-state index contributed by atoms with van der Waals surface area (Å²) in [6.45, 7) is 4.98. The number of halogens is 1. The monoisotopic (exact) mass is 287 g/mol. The highest BCUT2D eigenvalue weighted by Gasteiger charge is 2.04. The lowest BCUT2D eigenvalue weighted by atomic mass is 10.2.